The molecular formula is C11H25N. The van der Waals surface area contributed by atoms with Gasteiger partial charge in [-0.1, -0.05) is 41.0 Å². The van der Waals surface area contributed by atoms with E-state index in [0.717, 1.165) is 6.42 Å². The molecule has 0 aliphatic carbocycles. The highest BCUT2D eigenvalue weighted by Crippen LogP contribution is 2.24. The second-order valence-electron chi connectivity index (χ2n) is 5.19. The van der Waals surface area contributed by atoms with Crippen LogP contribution in [0.4, 0.5) is 0 Å². The van der Waals surface area contributed by atoms with Crippen molar-refractivity contribution in [2.45, 2.75) is 59.9 Å². The van der Waals surface area contributed by atoms with Gasteiger partial charge < -0.3 is 5.73 Å². The molecule has 74 valence electrons. The smallest absolute Gasteiger partial charge is 0.00695 e. The van der Waals surface area contributed by atoms with Gasteiger partial charge in [0.15, 0.2) is 0 Å². The third kappa shape index (κ3) is 5.59. The SMILES string of the molecule is CCCC(C)C(N)CC(C)(C)C. The van der Waals surface area contributed by atoms with Crippen molar-refractivity contribution in [1.82, 2.24) is 0 Å². The van der Waals surface area contributed by atoms with Crippen molar-refractivity contribution in [1.29, 1.82) is 0 Å². The summed E-state index contributed by atoms with van der Waals surface area (Å²) in [5.74, 6) is 0.675. The molecule has 1 nitrogen and oxygen atoms in total. The van der Waals surface area contributed by atoms with Gasteiger partial charge in [-0.2, -0.15) is 0 Å². The third-order valence-electron chi connectivity index (χ3n) is 2.32. The maximum absolute atomic E-state index is 6.09. The van der Waals surface area contributed by atoms with E-state index in [2.05, 4.69) is 34.6 Å². The quantitative estimate of drug-likeness (QED) is 0.690. The summed E-state index contributed by atoms with van der Waals surface area (Å²) in [5.41, 5.74) is 6.47. The molecule has 0 saturated heterocycles. The van der Waals surface area contributed by atoms with Gasteiger partial charge in [-0.3, -0.25) is 0 Å². The van der Waals surface area contributed by atoms with Gasteiger partial charge in [0.05, 0.1) is 0 Å². The Morgan fingerprint density at radius 2 is 1.75 bits per heavy atom. The van der Waals surface area contributed by atoms with Gasteiger partial charge in [0, 0.05) is 6.04 Å². The molecule has 2 N–H and O–H groups in total. The summed E-state index contributed by atoms with van der Waals surface area (Å²) < 4.78 is 0. The zero-order valence-corrected chi connectivity index (χ0v) is 9.35. The first-order valence-electron chi connectivity index (χ1n) is 5.12. The van der Waals surface area contributed by atoms with Gasteiger partial charge >= 0.3 is 0 Å². The minimum atomic E-state index is 0.376. The van der Waals surface area contributed by atoms with E-state index in [1.807, 2.05) is 0 Å². The standard InChI is InChI=1S/C11H25N/c1-6-7-9(2)10(12)8-11(3,4)5/h9-10H,6-8,12H2,1-5H3. The predicted molar refractivity (Wildman–Crippen MR) is 56.1 cm³/mol. The molecule has 0 bridgehead atoms. The van der Waals surface area contributed by atoms with Crippen LogP contribution in [0, 0.1) is 11.3 Å². The van der Waals surface area contributed by atoms with Gasteiger partial charge in [0.1, 0.15) is 0 Å². The molecule has 12 heavy (non-hydrogen) atoms. The van der Waals surface area contributed by atoms with Gasteiger partial charge in [-0.15, -0.1) is 0 Å². The lowest BCUT2D eigenvalue weighted by atomic mass is 9.83. The van der Waals surface area contributed by atoms with Crippen molar-refractivity contribution in [3.63, 3.8) is 0 Å². The molecule has 0 aromatic rings. The summed E-state index contributed by atoms with van der Waals surface area (Å²) in [5, 5.41) is 0. The highest BCUT2D eigenvalue weighted by molar-refractivity contribution is 4.75. The van der Waals surface area contributed by atoms with Crippen LogP contribution >= 0.6 is 0 Å². The van der Waals surface area contributed by atoms with Crippen LogP contribution in [0.2, 0.25) is 0 Å². The molecule has 0 fully saturated rings. The molecule has 2 unspecified atom stereocenters. The van der Waals surface area contributed by atoms with Gasteiger partial charge in [0.25, 0.3) is 0 Å². The van der Waals surface area contributed by atoms with Crippen molar-refractivity contribution in [3.05, 3.63) is 0 Å². The minimum absolute atomic E-state index is 0.376. The third-order valence-corrected chi connectivity index (χ3v) is 2.32. The van der Waals surface area contributed by atoms with E-state index >= 15 is 0 Å². The molecule has 0 amide bonds. The molecule has 0 aliphatic rings. The first-order chi connectivity index (χ1) is 5.37. The number of hydrogen-bond donors (Lipinski definition) is 1. The molecule has 2 atom stereocenters. The van der Waals surface area contributed by atoms with Gasteiger partial charge in [0.2, 0.25) is 0 Å². The fourth-order valence-corrected chi connectivity index (χ4v) is 1.58. The number of hydrogen-bond acceptors (Lipinski definition) is 1. The lowest BCUT2D eigenvalue weighted by molar-refractivity contribution is 0.284. The molecule has 0 spiro atoms. The second kappa shape index (κ2) is 4.86. The summed E-state index contributed by atoms with van der Waals surface area (Å²) >= 11 is 0. The van der Waals surface area contributed by atoms with E-state index in [-0.39, 0.29) is 0 Å². The Balaban J connectivity index is 3.78. The average molecular weight is 171 g/mol. The Morgan fingerprint density at radius 1 is 1.25 bits per heavy atom. The minimum Gasteiger partial charge on any atom is -0.327 e. The molecule has 0 rings (SSSR count). The first-order valence-corrected chi connectivity index (χ1v) is 5.12. The van der Waals surface area contributed by atoms with Crippen molar-refractivity contribution in [3.8, 4) is 0 Å². The van der Waals surface area contributed by atoms with Crippen LogP contribution in [-0.4, -0.2) is 6.04 Å². The van der Waals surface area contributed by atoms with Crippen LogP contribution in [0.1, 0.15) is 53.9 Å². The van der Waals surface area contributed by atoms with Crippen LogP contribution in [0.3, 0.4) is 0 Å². The normalized spacial score (nSPS) is 17.5. The summed E-state index contributed by atoms with van der Waals surface area (Å²) in [6.07, 6.45) is 3.64. The Labute approximate surface area is 77.7 Å². The predicted octanol–water partition coefficient (Wildman–Crippen LogP) is 3.19. The molecule has 0 radical (unpaired) electrons. The highest BCUT2D eigenvalue weighted by atomic mass is 14.6. The Bertz CT molecular complexity index is 113. The van der Waals surface area contributed by atoms with E-state index < -0.39 is 0 Å². The second-order valence-corrected chi connectivity index (χ2v) is 5.19. The molecule has 0 aromatic heterocycles. The molecule has 1 heteroatoms. The summed E-state index contributed by atoms with van der Waals surface area (Å²) in [6.45, 7) is 11.3. The summed E-state index contributed by atoms with van der Waals surface area (Å²) in [4.78, 5) is 0. The van der Waals surface area contributed by atoms with Gasteiger partial charge in [-0.05, 0) is 24.2 Å². The zero-order chi connectivity index (χ0) is 9.78. The Kier molecular flexibility index (Phi) is 4.84. The largest absolute Gasteiger partial charge is 0.327 e. The van der Waals surface area contributed by atoms with E-state index in [1.54, 1.807) is 0 Å². The summed E-state index contributed by atoms with van der Waals surface area (Å²) in [6, 6.07) is 0.380. The molecular weight excluding hydrogens is 146 g/mol. The van der Waals surface area contributed by atoms with Crippen molar-refractivity contribution >= 4 is 0 Å². The van der Waals surface area contributed by atoms with Crippen molar-refractivity contribution < 1.29 is 0 Å². The Hall–Kier alpha value is -0.0400. The van der Waals surface area contributed by atoms with Crippen LogP contribution in [0.25, 0.3) is 0 Å². The lowest BCUT2D eigenvalue weighted by Crippen LogP contribution is -2.32. The van der Waals surface area contributed by atoms with Crippen molar-refractivity contribution in [2.24, 2.45) is 17.1 Å². The topological polar surface area (TPSA) is 26.0 Å². The van der Waals surface area contributed by atoms with Crippen LogP contribution in [0.5, 0.6) is 0 Å². The van der Waals surface area contributed by atoms with E-state index in [4.69, 9.17) is 5.73 Å². The molecule has 0 saturated carbocycles. The lowest BCUT2D eigenvalue weighted by Gasteiger charge is -2.27. The van der Waals surface area contributed by atoms with Crippen LogP contribution < -0.4 is 5.73 Å². The molecule has 0 aliphatic heterocycles. The molecule has 0 heterocycles. The number of nitrogens with two attached hydrogens (primary N) is 1. The Morgan fingerprint density at radius 3 is 2.08 bits per heavy atom. The molecule has 0 aromatic carbocycles. The number of rotatable bonds is 4. The fourth-order valence-electron chi connectivity index (χ4n) is 1.58. The maximum Gasteiger partial charge on any atom is 0.00695 e. The van der Waals surface area contributed by atoms with Crippen LogP contribution in [0.15, 0.2) is 0 Å². The highest BCUT2D eigenvalue weighted by Gasteiger charge is 2.19. The monoisotopic (exact) mass is 171 g/mol. The van der Waals surface area contributed by atoms with E-state index in [9.17, 15) is 0 Å². The average Bonchev–Trinajstić information content (AvgIpc) is 1.84. The van der Waals surface area contributed by atoms with Crippen molar-refractivity contribution in [2.75, 3.05) is 0 Å². The van der Waals surface area contributed by atoms with E-state index in [0.29, 0.717) is 17.4 Å². The van der Waals surface area contributed by atoms with Crippen LogP contribution in [-0.2, 0) is 0 Å². The zero-order valence-electron chi connectivity index (χ0n) is 9.35. The van der Waals surface area contributed by atoms with Gasteiger partial charge in [-0.25, -0.2) is 0 Å². The fraction of sp³-hybridized carbons (Fsp3) is 1.00. The summed E-state index contributed by atoms with van der Waals surface area (Å²) in [7, 11) is 0. The van der Waals surface area contributed by atoms with E-state index in [1.165, 1.54) is 12.8 Å². The first kappa shape index (κ1) is 12.0. The maximum atomic E-state index is 6.09.